The van der Waals surface area contributed by atoms with Crippen LogP contribution in [0.2, 0.25) is 18.1 Å². The molecule has 4 nitrogen and oxygen atoms in total. The van der Waals surface area contributed by atoms with Gasteiger partial charge in [-0.15, -0.1) is 0 Å². The third-order valence-electron chi connectivity index (χ3n) is 4.54. The molecule has 0 bridgehead atoms. The van der Waals surface area contributed by atoms with Gasteiger partial charge in [-0.05, 0) is 48.2 Å². The van der Waals surface area contributed by atoms with Gasteiger partial charge in [-0.3, -0.25) is 0 Å². The first-order valence-electron chi connectivity index (χ1n) is 8.20. The highest BCUT2D eigenvalue weighted by Gasteiger charge is 2.37. The van der Waals surface area contributed by atoms with E-state index in [0.717, 1.165) is 23.3 Å². The Balaban J connectivity index is 2.95. The van der Waals surface area contributed by atoms with Crippen LogP contribution in [0, 0.1) is 0 Å². The highest BCUT2D eigenvalue weighted by molar-refractivity contribution is 6.74. The summed E-state index contributed by atoms with van der Waals surface area (Å²) < 4.78 is 17.0. The van der Waals surface area contributed by atoms with Crippen LogP contribution in [0.25, 0.3) is 0 Å². The fraction of sp³-hybridized carbons (Fsp3) is 0.667. The predicted molar refractivity (Wildman–Crippen MR) is 96.3 cm³/mol. The number of aliphatic hydroxyl groups is 1. The van der Waals surface area contributed by atoms with E-state index in [1.165, 1.54) is 0 Å². The Morgan fingerprint density at radius 3 is 2.43 bits per heavy atom. The molecular formula is C18H32O4Si. The third kappa shape index (κ3) is 5.92. The molecule has 1 N–H and O–H groups in total. The number of benzene rings is 1. The van der Waals surface area contributed by atoms with Gasteiger partial charge in [0, 0.05) is 13.7 Å². The topological polar surface area (TPSA) is 47.9 Å². The molecule has 1 aromatic carbocycles. The first-order valence-corrected chi connectivity index (χ1v) is 11.1. The summed E-state index contributed by atoms with van der Waals surface area (Å²) in [5, 5.41) is 9.34. The lowest BCUT2D eigenvalue weighted by atomic mass is 10.0. The zero-order chi connectivity index (χ0) is 17.5. The van der Waals surface area contributed by atoms with Crippen LogP contribution in [0.4, 0.5) is 0 Å². The van der Waals surface area contributed by atoms with Crippen molar-refractivity contribution in [1.29, 1.82) is 0 Å². The zero-order valence-electron chi connectivity index (χ0n) is 15.4. The van der Waals surface area contributed by atoms with Crippen molar-refractivity contribution in [1.82, 2.24) is 0 Å². The monoisotopic (exact) mass is 340 g/mol. The fourth-order valence-corrected chi connectivity index (χ4v) is 2.97. The summed E-state index contributed by atoms with van der Waals surface area (Å²) in [6.07, 6.45) is 1.48. The van der Waals surface area contributed by atoms with Crippen molar-refractivity contribution in [2.75, 3.05) is 20.5 Å². The molecule has 132 valence electrons. The predicted octanol–water partition coefficient (Wildman–Crippen LogP) is 4.12. The molecule has 0 aliphatic heterocycles. The largest absolute Gasteiger partial charge is 0.467 e. The maximum atomic E-state index is 9.16. The van der Waals surface area contributed by atoms with E-state index < -0.39 is 8.32 Å². The SMILES string of the molecule is COCOc1cccc(CO[Si](C)(C)C(C)(C)C)c1CCCO. The Kier molecular flexibility index (Phi) is 7.74. The average Bonchev–Trinajstić information content (AvgIpc) is 2.48. The van der Waals surface area contributed by atoms with E-state index in [0.29, 0.717) is 13.0 Å². The molecule has 0 saturated heterocycles. The van der Waals surface area contributed by atoms with Crippen LogP contribution in [0.1, 0.15) is 38.3 Å². The van der Waals surface area contributed by atoms with E-state index in [1.807, 2.05) is 12.1 Å². The first kappa shape index (κ1) is 20.2. The number of hydrogen-bond acceptors (Lipinski definition) is 4. The van der Waals surface area contributed by atoms with Crippen LogP contribution in [0.15, 0.2) is 18.2 Å². The molecule has 0 aliphatic carbocycles. The Morgan fingerprint density at radius 1 is 1.17 bits per heavy atom. The molecule has 0 atom stereocenters. The van der Waals surface area contributed by atoms with Crippen molar-refractivity contribution in [3.63, 3.8) is 0 Å². The minimum atomic E-state index is -1.80. The van der Waals surface area contributed by atoms with Gasteiger partial charge in [-0.1, -0.05) is 32.9 Å². The van der Waals surface area contributed by atoms with Gasteiger partial charge >= 0.3 is 0 Å². The Bertz CT molecular complexity index is 480. The molecule has 23 heavy (non-hydrogen) atoms. The van der Waals surface area contributed by atoms with E-state index in [-0.39, 0.29) is 18.4 Å². The van der Waals surface area contributed by atoms with Gasteiger partial charge in [0.1, 0.15) is 5.75 Å². The van der Waals surface area contributed by atoms with Crippen LogP contribution in [0.5, 0.6) is 5.75 Å². The maximum absolute atomic E-state index is 9.16. The smallest absolute Gasteiger partial charge is 0.192 e. The molecule has 5 heteroatoms. The highest BCUT2D eigenvalue weighted by Crippen LogP contribution is 2.37. The molecule has 0 unspecified atom stereocenters. The van der Waals surface area contributed by atoms with Gasteiger partial charge in [-0.25, -0.2) is 0 Å². The normalized spacial score (nSPS) is 12.5. The zero-order valence-corrected chi connectivity index (χ0v) is 16.4. The molecule has 0 aromatic heterocycles. The van der Waals surface area contributed by atoms with Crippen molar-refractivity contribution in [3.05, 3.63) is 29.3 Å². The lowest BCUT2D eigenvalue weighted by Crippen LogP contribution is -2.40. The fourth-order valence-electron chi connectivity index (χ4n) is 2.02. The second kappa shape index (κ2) is 8.83. The molecule has 0 spiro atoms. The highest BCUT2D eigenvalue weighted by atomic mass is 28.4. The van der Waals surface area contributed by atoms with Gasteiger partial charge in [0.15, 0.2) is 15.1 Å². The molecule has 0 radical (unpaired) electrons. The molecule has 0 saturated carbocycles. The Labute approximate surface area is 141 Å². The number of ether oxygens (including phenoxy) is 2. The van der Waals surface area contributed by atoms with Crippen molar-refractivity contribution in [2.45, 2.75) is 58.4 Å². The minimum absolute atomic E-state index is 0.168. The molecule has 0 fully saturated rings. The summed E-state index contributed by atoms with van der Waals surface area (Å²) in [6.45, 7) is 12.2. The van der Waals surface area contributed by atoms with Crippen LogP contribution in [0.3, 0.4) is 0 Å². The van der Waals surface area contributed by atoms with Crippen LogP contribution in [-0.2, 0) is 22.2 Å². The minimum Gasteiger partial charge on any atom is -0.467 e. The summed E-state index contributed by atoms with van der Waals surface area (Å²) in [4.78, 5) is 0. The third-order valence-corrected chi connectivity index (χ3v) is 9.02. The quantitative estimate of drug-likeness (QED) is 0.543. The molecule has 1 aromatic rings. The number of aliphatic hydroxyl groups excluding tert-OH is 1. The lowest BCUT2D eigenvalue weighted by Gasteiger charge is -2.36. The standard InChI is InChI=1S/C18H32O4Si/c1-18(2,3)23(5,6)22-13-15-9-7-11-17(21-14-20-4)16(15)10-8-12-19/h7,9,11,19H,8,10,12-14H2,1-6H3. The van der Waals surface area contributed by atoms with Crippen molar-refractivity contribution in [2.24, 2.45) is 0 Å². The van der Waals surface area contributed by atoms with Crippen LogP contribution >= 0.6 is 0 Å². The van der Waals surface area contributed by atoms with Crippen LogP contribution in [-0.4, -0.2) is 33.9 Å². The van der Waals surface area contributed by atoms with E-state index in [9.17, 15) is 0 Å². The number of rotatable bonds is 9. The summed E-state index contributed by atoms with van der Waals surface area (Å²) in [5.74, 6) is 0.816. The molecule has 0 amide bonds. The van der Waals surface area contributed by atoms with Gasteiger partial charge in [0.25, 0.3) is 0 Å². The first-order chi connectivity index (χ1) is 10.7. The van der Waals surface area contributed by atoms with Gasteiger partial charge in [-0.2, -0.15) is 0 Å². The van der Waals surface area contributed by atoms with Gasteiger partial charge in [0.05, 0.1) is 6.61 Å². The van der Waals surface area contributed by atoms with Gasteiger partial charge < -0.3 is 19.0 Å². The maximum Gasteiger partial charge on any atom is 0.192 e. The lowest BCUT2D eigenvalue weighted by molar-refractivity contribution is 0.0502. The van der Waals surface area contributed by atoms with Gasteiger partial charge in [0.2, 0.25) is 0 Å². The number of methoxy groups -OCH3 is 1. The van der Waals surface area contributed by atoms with E-state index in [4.69, 9.17) is 19.0 Å². The van der Waals surface area contributed by atoms with E-state index >= 15 is 0 Å². The van der Waals surface area contributed by atoms with Crippen molar-refractivity contribution < 1.29 is 19.0 Å². The van der Waals surface area contributed by atoms with Crippen molar-refractivity contribution >= 4 is 8.32 Å². The Hall–Kier alpha value is -0.883. The summed E-state index contributed by atoms with van der Waals surface area (Å²) in [5.41, 5.74) is 2.24. The molecule has 0 heterocycles. The van der Waals surface area contributed by atoms with E-state index in [2.05, 4.69) is 39.9 Å². The Morgan fingerprint density at radius 2 is 1.87 bits per heavy atom. The average molecular weight is 341 g/mol. The van der Waals surface area contributed by atoms with Crippen molar-refractivity contribution in [3.8, 4) is 5.75 Å². The molecular weight excluding hydrogens is 308 g/mol. The van der Waals surface area contributed by atoms with Crippen LogP contribution < -0.4 is 4.74 Å². The van der Waals surface area contributed by atoms with E-state index in [1.54, 1.807) is 7.11 Å². The summed E-state index contributed by atoms with van der Waals surface area (Å²) in [7, 11) is -0.191. The molecule has 0 aliphatic rings. The summed E-state index contributed by atoms with van der Waals surface area (Å²) >= 11 is 0. The molecule has 1 rings (SSSR count). The number of hydrogen-bond donors (Lipinski definition) is 1. The summed E-state index contributed by atoms with van der Waals surface area (Å²) in [6, 6.07) is 6.01. The second-order valence-corrected chi connectivity index (χ2v) is 12.1. The second-order valence-electron chi connectivity index (χ2n) is 7.32.